The van der Waals surface area contributed by atoms with Gasteiger partial charge in [-0.25, -0.2) is 9.97 Å². The maximum atomic E-state index is 4.27. The molecule has 0 saturated carbocycles. The summed E-state index contributed by atoms with van der Waals surface area (Å²) in [7, 11) is 2.03. The van der Waals surface area contributed by atoms with Crippen molar-refractivity contribution < 1.29 is 0 Å². The normalized spacial score (nSPS) is 9.86. The molecule has 0 atom stereocenters. The quantitative estimate of drug-likeness (QED) is 0.219. The van der Waals surface area contributed by atoms with E-state index in [0.29, 0.717) is 0 Å². The van der Waals surface area contributed by atoms with Crippen LogP contribution in [0.3, 0.4) is 0 Å². The molecule has 6 heteroatoms. The summed E-state index contributed by atoms with van der Waals surface area (Å²) in [6, 6.07) is 0. The summed E-state index contributed by atoms with van der Waals surface area (Å²) < 4.78 is 2.09. The predicted octanol–water partition coefficient (Wildman–Crippen LogP) is 10.0. The Kier molecular flexibility index (Phi) is 14.1. The smallest absolute Gasteiger partial charge is 0.105 e. The Bertz CT molecular complexity index is 1040. The number of rotatable bonds is 0. The average molecular weight is 548 g/mol. The van der Waals surface area contributed by atoms with Gasteiger partial charge < -0.3 is 4.57 Å². The molecule has 0 amide bonds. The number of hydrogen-bond donors (Lipinski definition) is 0. The van der Waals surface area contributed by atoms with Crippen LogP contribution in [0.2, 0.25) is 0 Å². The first-order valence-corrected chi connectivity index (χ1v) is 14.5. The second-order valence-electron chi connectivity index (χ2n) is 9.19. The van der Waals surface area contributed by atoms with Crippen molar-refractivity contribution in [3.05, 3.63) is 74.6 Å². The Hall–Kier alpha value is -1.76. The van der Waals surface area contributed by atoms with Crippen LogP contribution in [0.5, 0.6) is 0 Å². The van der Waals surface area contributed by atoms with Gasteiger partial charge in [-0.3, -0.25) is 0 Å². The van der Waals surface area contributed by atoms with E-state index >= 15 is 0 Å². The number of thiazole rings is 1. The highest BCUT2D eigenvalue weighted by atomic mass is 32.1. The van der Waals surface area contributed by atoms with Gasteiger partial charge in [0.1, 0.15) is 5.82 Å². The summed E-state index contributed by atoms with van der Waals surface area (Å²) in [5.41, 5.74) is 9.44. The molecule has 3 nitrogen and oxygen atoms in total. The fraction of sp³-hybridized carbons (Fsp3) is 0.533. The maximum absolute atomic E-state index is 4.27. The van der Waals surface area contributed by atoms with E-state index in [1.807, 2.05) is 57.4 Å². The first-order chi connectivity index (χ1) is 16.1. The van der Waals surface area contributed by atoms with E-state index in [2.05, 4.69) is 83.8 Å². The summed E-state index contributed by atoms with van der Waals surface area (Å²) in [6.07, 6.45) is 0. The number of thiophene rings is 2. The highest BCUT2D eigenvalue weighted by molar-refractivity contribution is 7.12. The molecule has 0 bridgehead atoms. The van der Waals surface area contributed by atoms with Crippen molar-refractivity contribution in [1.29, 1.82) is 0 Å². The van der Waals surface area contributed by atoms with Gasteiger partial charge in [-0.15, -0.1) is 34.0 Å². The highest BCUT2D eigenvalue weighted by Gasteiger charge is 2.03. The van der Waals surface area contributed by atoms with Crippen molar-refractivity contribution in [3.8, 4) is 0 Å². The lowest BCUT2D eigenvalue weighted by Gasteiger charge is -1.94. The monoisotopic (exact) mass is 547 g/mol. The molecule has 4 rings (SSSR count). The third kappa shape index (κ3) is 9.28. The number of aryl methyl sites for hydroxylation is 9. The summed E-state index contributed by atoms with van der Waals surface area (Å²) in [4.78, 5) is 15.7. The number of imidazole rings is 1. The molecular formula is C30H49N3S3. The van der Waals surface area contributed by atoms with E-state index in [1.54, 1.807) is 11.3 Å². The van der Waals surface area contributed by atoms with Crippen LogP contribution in [0.4, 0.5) is 0 Å². The average Bonchev–Trinajstić information content (AvgIpc) is 3.37. The molecule has 0 radical (unpaired) electrons. The molecule has 4 aromatic rings. The van der Waals surface area contributed by atoms with Crippen LogP contribution in [0, 0.1) is 96.9 Å². The van der Waals surface area contributed by atoms with Crippen LogP contribution in [0.1, 0.15) is 82.0 Å². The van der Waals surface area contributed by atoms with Gasteiger partial charge >= 0.3 is 0 Å². The van der Waals surface area contributed by atoms with Crippen LogP contribution in [0.25, 0.3) is 0 Å². The molecule has 0 aliphatic heterocycles. The first-order valence-electron chi connectivity index (χ1n) is 12.0. The summed E-state index contributed by atoms with van der Waals surface area (Å²) in [6.45, 7) is 29.8. The van der Waals surface area contributed by atoms with Crippen molar-refractivity contribution in [3.63, 3.8) is 0 Å². The van der Waals surface area contributed by atoms with E-state index in [1.165, 1.54) is 63.0 Å². The molecule has 0 fully saturated rings. The Balaban J connectivity index is 0.000000450. The number of nitrogens with zero attached hydrogens (tertiary/aromatic N) is 3. The minimum Gasteiger partial charge on any atom is -0.335 e. The van der Waals surface area contributed by atoms with E-state index in [9.17, 15) is 0 Å². The largest absolute Gasteiger partial charge is 0.335 e. The van der Waals surface area contributed by atoms with Gasteiger partial charge in [-0.1, -0.05) is 7.43 Å². The zero-order valence-corrected chi connectivity index (χ0v) is 27.0. The molecule has 4 heterocycles. The molecular weight excluding hydrogens is 499 g/mol. The lowest BCUT2D eigenvalue weighted by Crippen LogP contribution is -1.92. The molecule has 0 unspecified atom stereocenters. The second-order valence-corrected chi connectivity index (χ2v) is 13.5. The lowest BCUT2D eigenvalue weighted by atomic mass is 10.2. The van der Waals surface area contributed by atoms with Crippen LogP contribution >= 0.6 is 34.0 Å². The van der Waals surface area contributed by atoms with Crippen molar-refractivity contribution in [2.45, 2.75) is 104 Å². The van der Waals surface area contributed by atoms with Crippen LogP contribution in [-0.4, -0.2) is 14.5 Å². The zero-order chi connectivity index (χ0) is 27.2. The fourth-order valence-corrected chi connectivity index (χ4v) is 6.30. The fourth-order valence-electron chi connectivity index (χ4n) is 3.34. The molecule has 0 N–H and O–H groups in total. The minimum absolute atomic E-state index is 0. The summed E-state index contributed by atoms with van der Waals surface area (Å²) >= 11 is 5.55. The molecule has 0 saturated heterocycles. The SMILES string of the molecule is C.Cc1nc(C)c(C)s1.Cc1nc(C)n(C)c1C.Cc1sc(C)c(C)c1C.Cc1sc(C)c(C)c1C. The third-order valence-electron chi connectivity index (χ3n) is 6.83. The van der Waals surface area contributed by atoms with E-state index in [0.717, 1.165) is 11.5 Å². The van der Waals surface area contributed by atoms with Crippen molar-refractivity contribution in [2.24, 2.45) is 7.05 Å². The Morgan fingerprint density at radius 2 is 0.833 bits per heavy atom. The van der Waals surface area contributed by atoms with Crippen molar-refractivity contribution in [1.82, 2.24) is 14.5 Å². The maximum Gasteiger partial charge on any atom is 0.105 e. The third-order valence-corrected chi connectivity index (χ3v) is 10.3. The Morgan fingerprint density at radius 3 is 0.917 bits per heavy atom. The molecule has 0 spiro atoms. The summed E-state index contributed by atoms with van der Waals surface area (Å²) in [5, 5.41) is 1.17. The van der Waals surface area contributed by atoms with Crippen molar-refractivity contribution >= 4 is 34.0 Å². The number of hydrogen-bond acceptors (Lipinski definition) is 5. The van der Waals surface area contributed by atoms with Gasteiger partial charge in [0.15, 0.2) is 0 Å². The van der Waals surface area contributed by atoms with E-state index < -0.39 is 0 Å². The van der Waals surface area contributed by atoms with E-state index in [-0.39, 0.29) is 7.43 Å². The van der Waals surface area contributed by atoms with Crippen LogP contribution in [-0.2, 0) is 7.05 Å². The van der Waals surface area contributed by atoms with Gasteiger partial charge in [-0.05, 0) is 119 Å². The topological polar surface area (TPSA) is 30.7 Å². The van der Waals surface area contributed by atoms with Crippen LogP contribution in [0.15, 0.2) is 0 Å². The lowest BCUT2D eigenvalue weighted by molar-refractivity contribution is 0.827. The predicted molar refractivity (Wildman–Crippen MR) is 167 cm³/mol. The van der Waals surface area contributed by atoms with Gasteiger partial charge in [0.05, 0.1) is 16.4 Å². The molecule has 36 heavy (non-hydrogen) atoms. The second kappa shape index (κ2) is 14.8. The number of aromatic nitrogens is 3. The summed E-state index contributed by atoms with van der Waals surface area (Å²) in [5.74, 6) is 1.09. The molecule has 0 aliphatic carbocycles. The molecule has 0 aliphatic rings. The van der Waals surface area contributed by atoms with Crippen LogP contribution < -0.4 is 0 Å². The van der Waals surface area contributed by atoms with Crippen molar-refractivity contribution in [2.75, 3.05) is 0 Å². The van der Waals surface area contributed by atoms with E-state index in [4.69, 9.17) is 0 Å². The minimum atomic E-state index is 0. The van der Waals surface area contributed by atoms with Gasteiger partial charge in [0.2, 0.25) is 0 Å². The Morgan fingerprint density at radius 1 is 0.472 bits per heavy atom. The highest BCUT2D eigenvalue weighted by Crippen LogP contribution is 2.25. The molecule has 0 aromatic carbocycles. The van der Waals surface area contributed by atoms with Gasteiger partial charge in [0.25, 0.3) is 0 Å². The zero-order valence-electron chi connectivity index (χ0n) is 24.6. The molecule has 4 aromatic heterocycles. The standard InChI is InChI=1S/2C8H12S.C7H12N2.C6H9NS.CH4/c2*1-5-6(2)8(4)9-7(5)3;1-5-6(2)9(4)7(3)8-5;1-4-5(2)8-6(3)7-4;/h3*1-4H3;1-3H3;1H4. The first kappa shape index (κ1) is 34.2. The Labute approximate surface area is 233 Å². The van der Waals surface area contributed by atoms with Gasteiger partial charge in [0, 0.05) is 37.1 Å². The van der Waals surface area contributed by atoms with Gasteiger partial charge in [-0.2, -0.15) is 0 Å². The molecule has 202 valence electrons.